The van der Waals surface area contributed by atoms with E-state index in [0.717, 1.165) is 5.56 Å². The van der Waals surface area contributed by atoms with Crippen LogP contribution in [0.25, 0.3) is 0 Å². The van der Waals surface area contributed by atoms with Crippen LogP contribution >= 0.6 is 11.6 Å². The zero-order valence-electron chi connectivity index (χ0n) is 16.1. The molecule has 1 fully saturated rings. The number of amides is 2. The molecule has 2 amide bonds. The van der Waals surface area contributed by atoms with E-state index in [2.05, 4.69) is 10.6 Å². The molecule has 1 heterocycles. The molecule has 1 saturated heterocycles. The highest BCUT2D eigenvalue weighted by Gasteiger charge is 2.34. The zero-order chi connectivity index (χ0) is 21.6. The minimum Gasteiger partial charge on any atom is -0.360 e. The lowest BCUT2D eigenvalue weighted by Gasteiger charge is -2.34. The summed E-state index contributed by atoms with van der Waals surface area (Å²) in [5, 5.41) is 5.53. The largest absolute Gasteiger partial charge is 0.360 e. The van der Waals surface area contributed by atoms with Crippen LogP contribution in [-0.4, -0.2) is 50.5 Å². The van der Waals surface area contributed by atoms with Gasteiger partial charge in [0.05, 0.1) is 18.0 Å². The van der Waals surface area contributed by atoms with Crippen molar-refractivity contribution in [2.75, 3.05) is 19.7 Å². The average Bonchev–Trinajstić information content (AvgIpc) is 2.77. The second-order valence-electron chi connectivity index (χ2n) is 6.63. The summed E-state index contributed by atoms with van der Waals surface area (Å²) < 4.78 is 32.6. The zero-order valence-corrected chi connectivity index (χ0v) is 17.7. The molecule has 1 aliphatic heterocycles. The predicted molar refractivity (Wildman–Crippen MR) is 111 cm³/mol. The molecule has 10 heteroatoms. The lowest BCUT2D eigenvalue weighted by atomic mass is 10.2. The first-order valence-electron chi connectivity index (χ1n) is 9.37. The van der Waals surface area contributed by atoms with Crippen molar-refractivity contribution in [1.29, 1.82) is 0 Å². The summed E-state index contributed by atoms with van der Waals surface area (Å²) in [6, 6.07) is 14.9. The van der Waals surface area contributed by atoms with Crippen LogP contribution in [0.2, 0.25) is 5.02 Å². The summed E-state index contributed by atoms with van der Waals surface area (Å²) in [5.74, 6) is -1.69. The summed E-state index contributed by atoms with van der Waals surface area (Å²) in [6.45, 7) is 0.655. The third-order valence-corrected chi connectivity index (χ3v) is 6.67. The molecule has 30 heavy (non-hydrogen) atoms. The molecule has 0 aliphatic carbocycles. The van der Waals surface area contributed by atoms with E-state index in [0.29, 0.717) is 18.1 Å². The summed E-state index contributed by atoms with van der Waals surface area (Å²) in [6.07, 6.45) is -0.352. The van der Waals surface area contributed by atoms with Crippen LogP contribution in [0.15, 0.2) is 59.5 Å². The Labute approximate surface area is 180 Å². The smallest absolute Gasteiger partial charge is 0.309 e. The minimum atomic E-state index is -3.78. The Balaban J connectivity index is 1.56. The number of hydrogen-bond acceptors (Lipinski definition) is 5. The average molecular weight is 452 g/mol. The Morgan fingerprint density at radius 3 is 2.40 bits per heavy atom. The van der Waals surface area contributed by atoms with Gasteiger partial charge in [-0.15, -0.1) is 0 Å². The van der Waals surface area contributed by atoms with E-state index in [9.17, 15) is 18.0 Å². The molecular weight excluding hydrogens is 430 g/mol. The van der Waals surface area contributed by atoms with Crippen molar-refractivity contribution in [2.45, 2.75) is 24.1 Å². The van der Waals surface area contributed by atoms with Gasteiger partial charge in [-0.1, -0.05) is 41.9 Å². The molecule has 0 aromatic heterocycles. The van der Waals surface area contributed by atoms with Crippen molar-refractivity contribution in [3.63, 3.8) is 0 Å². The number of rotatable bonds is 6. The standard InChI is InChI=1S/C20H22ClN3O5S/c21-16-9-7-15(8-10-16)13-22-19(25)20(26)23-14-18-24(11-4-12-29-18)30(27,28)17-5-2-1-3-6-17/h1-3,5-10,18H,4,11-14H2,(H,22,25)(H,23,26). The Hall–Kier alpha value is -2.46. The van der Waals surface area contributed by atoms with Crippen molar-refractivity contribution < 1.29 is 22.7 Å². The van der Waals surface area contributed by atoms with E-state index >= 15 is 0 Å². The molecule has 1 aliphatic rings. The second kappa shape index (κ2) is 10.0. The van der Waals surface area contributed by atoms with Gasteiger partial charge >= 0.3 is 11.8 Å². The predicted octanol–water partition coefficient (Wildman–Crippen LogP) is 1.51. The number of sulfonamides is 1. The Bertz CT molecular complexity index is 983. The van der Waals surface area contributed by atoms with Crippen molar-refractivity contribution in [2.24, 2.45) is 0 Å². The molecule has 1 atom stereocenters. The highest BCUT2D eigenvalue weighted by molar-refractivity contribution is 7.89. The normalized spacial score (nSPS) is 17.3. The number of carbonyl (C=O) groups is 2. The first kappa shape index (κ1) is 22.2. The summed E-state index contributed by atoms with van der Waals surface area (Å²) >= 11 is 5.81. The fourth-order valence-electron chi connectivity index (χ4n) is 2.96. The van der Waals surface area contributed by atoms with Crippen LogP contribution in [0, 0.1) is 0 Å². The quantitative estimate of drug-likeness (QED) is 0.648. The molecule has 0 bridgehead atoms. The lowest BCUT2D eigenvalue weighted by Crippen LogP contribution is -2.53. The third kappa shape index (κ3) is 5.57. The number of ether oxygens (including phenoxy) is 1. The van der Waals surface area contributed by atoms with E-state index in [1.54, 1.807) is 42.5 Å². The molecule has 2 aromatic rings. The molecule has 0 spiro atoms. The van der Waals surface area contributed by atoms with Crippen molar-refractivity contribution in [3.8, 4) is 0 Å². The fourth-order valence-corrected chi connectivity index (χ4v) is 4.67. The van der Waals surface area contributed by atoms with Crippen LogP contribution in [0.5, 0.6) is 0 Å². The van der Waals surface area contributed by atoms with Crippen molar-refractivity contribution in [3.05, 3.63) is 65.2 Å². The van der Waals surface area contributed by atoms with Gasteiger partial charge in [-0.05, 0) is 36.2 Å². The maximum atomic E-state index is 12.9. The summed E-state index contributed by atoms with van der Waals surface area (Å²) in [4.78, 5) is 24.3. The third-order valence-electron chi connectivity index (χ3n) is 4.51. The monoisotopic (exact) mass is 451 g/mol. The molecular formula is C20H22ClN3O5S. The maximum Gasteiger partial charge on any atom is 0.309 e. The van der Waals surface area contributed by atoms with E-state index in [1.807, 2.05) is 0 Å². The van der Waals surface area contributed by atoms with Crippen LogP contribution in [-0.2, 0) is 30.9 Å². The Morgan fingerprint density at radius 2 is 1.70 bits per heavy atom. The first-order chi connectivity index (χ1) is 14.4. The lowest BCUT2D eigenvalue weighted by molar-refractivity contribution is -0.140. The number of carbonyl (C=O) groups excluding carboxylic acids is 2. The van der Waals surface area contributed by atoms with E-state index in [1.165, 1.54) is 16.4 Å². The van der Waals surface area contributed by atoms with Crippen molar-refractivity contribution >= 4 is 33.4 Å². The topological polar surface area (TPSA) is 105 Å². The number of halogens is 1. The van der Waals surface area contributed by atoms with Gasteiger partial charge in [0.2, 0.25) is 10.0 Å². The van der Waals surface area contributed by atoms with Gasteiger partial charge < -0.3 is 15.4 Å². The van der Waals surface area contributed by atoms with Gasteiger partial charge in [0, 0.05) is 18.1 Å². The van der Waals surface area contributed by atoms with E-state index in [4.69, 9.17) is 16.3 Å². The van der Waals surface area contributed by atoms with Gasteiger partial charge in [-0.25, -0.2) is 8.42 Å². The molecule has 1 unspecified atom stereocenters. The van der Waals surface area contributed by atoms with E-state index in [-0.39, 0.29) is 24.5 Å². The summed E-state index contributed by atoms with van der Waals surface area (Å²) in [7, 11) is -3.78. The molecule has 2 N–H and O–H groups in total. The highest BCUT2D eigenvalue weighted by Crippen LogP contribution is 2.21. The van der Waals surface area contributed by atoms with Gasteiger partial charge in [0.25, 0.3) is 0 Å². The fraction of sp³-hybridized carbons (Fsp3) is 0.300. The number of hydrogen-bond donors (Lipinski definition) is 2. The van der Waals surface area contributed by atoms with Crippen LogP contribution in [0.3, 0.4) is 0 Å². The number of nitrogens with one attached hydrogen (secondary N) is 2. The molecule has 2 aromatic carbocycles. The minimum absolute atomic E-state index is 0.140. The van der Waals surface area contributed by atoms with Crippen molar-refractivity contribution in [1.82, 2.24) is 14.9 Å². The number of nitrogens with zero attached hydrogens (tertiary/aromatic N) is 1. The Kier molecular flexibility index (Phi) is 7.43. The van der Waals surface area contributed by atoms with Crippen LogP contribution < -0.4 is 10.6 Å². The van der Waals surface area contributed by atoms with Gasteiger partial charge in [0.1, 0.15) is 6.23 Å². The molecule has 0 saturated carbocycles. The molecule has 160 valence electrons. The maximum absolute atomic E-state index is 12.9. The second-order valence-corrected chi connectivity index (χ2v) is 8.95. The van der Waals surface area contributed by atoms with Gasteiger partial charge in [0.15, 0.2) is 0 Å². The molecule has 8 nitrogen and oxygen atoms in total. The first-order valence-corrected chi connectivity index (χ1v) is 11.2. The highest BCUT2D eigenvalue weighted by atomic mass is 35.5. The van der Waals surface area contributed by atoms with Gasteiger partial charge in [-0.2, -0.15) is 4.31 Å². The molecule has 3 rings (SSSR count). The summed E-state index contributed by atoms with van der Waals surface area (Å²) in [5.41, 5.74) is 0.788. The van der Waals surface area contributed by atoms with Gasteiger partial charge in [-0.3, -0.25) is 9.59 Å². The Morgan fingerprint density at radius 1 is 1.03 bits per heavy atom. The van der Waals surface area contributed by atoms with Crippen LogP contribution in [0.4, 0.5) is 0 Å². The van der Waals surface area contributed by atoms with Crippen LogP contribution in [0.1, 0.15) is 12.0 Å². The number of benzene rings is 2. The van der Waals surface area contributed by atoms with E-state index < -0.39 is 28.1 Å². The SMILES string of the molecule is O=C(NCc1ccc(Cl)cc1)C(=O)NCC1OCCCN1S(=O)(=O)c1ccccc1. The molecule has 0 radical (unpaired) electrons.